The van der Waals surface area contributed by atoms with Gasteiger partial charge in [-0.2, -0.15) is 0 Å². The molecule has 3 N–H and O–H groups in total. The van der Waals surface area contributed by atoms with E-state index >= 15 is 0 Å². The fraction of sp³-hybridized carbons (Fsp3) is 0.278. The van der Waals surface area contributed by atoms with Crippen LogP contribution in [-0.2, 0) is 16.4 Å². The Kier molecular flexibility index (Phi) is 5.62. The molecule has 6 heteroatoms. The molecule has 0 atom stereocenters. The van der Waals surface area contributed by atoms with Crippen molar-refractivity contribution in [3.05, 3.63) is 59.7 Å². The van der Waals surface area contributed by atoms with Crippen LogP contribution in [0.2, 0.25) is 0 Å². The molecule has 2 aromatic rings. The number of para-hydroxylation sites is 1. The van der Waals surface area contributed by atoms with Crippen molar-refractivity contribution < 1.29 is 13.2 Å². The minimum atomic E-state index is -3.78. The van der Waals surface area contributed by atoms with Gasteiger partial charge in [0.15, 0.2) is 0 Å². The Hall–Kier alpha value is -2.34. The van der Waals surface area contributed by atoms with Gasteiger partial charge in [-0.1, -0.05) is 38.1 Å². The van der Waals surface area contributed by atoms with Crippen LogP contribution in [0.15, 0.2) is 53.4 Å². The molecule has 0 heterocycles. The quantitative estimate of drug-likeness (QED) is 0.807. The van der Waals surface area contributed by atoms with Gasteiger partial charge in [0.05, 0.1) is 16.1 Å². The summed E-state index contributed by atoms with van der Waals surface area (Å²) in [5.74, 6) is -0.0855. The van der Waals surface area contributed by atoms with Crippen LogP contribution in [0.25, 0.3) is 0 Å². The van der Waals surface area contributed by atoms with Crippen molar-refractivity contribution in [3.8, 4) is 0 Å². The van der Waals surface area contributed by atoms with Crippen LogP contribution >= 0.6 is 0 Å². The number of amides is 1. The van der Waals surface area contributed by atoms with Crippen molar-refractivity contribution in [1.29, 1.82) is 0 Å². The number of hydrogen-bond acceptors (Lipinski definition) is 3. The second-order valence-electron chi connectivity index (χ2n) is 6.09. The summed E-state index contributed by atoms with van der Waals surface area (Å²) in [5, 5.41) is 0. The molecule has 0 radical (unpaired) electrons. The maximum atomic E-state index is 12.5. The number of anilines is 1. The predicted molar refractivity (Wildman–Crippen MR) is 95.4 cm³/mol. The van der Waals surface area contributed by atoms with E-state index < -0.39 is 15.9 Å². The Morgan fingerprint density at radius 1 is 1.08 bits per heavy atom. The fourth-order valence-electron chi connectivity index (χ4n) is 2.28. The van der Waals surface area contributed by atoms with Crippen molar-refractivity contribution in [1.82, 2.24) is 0 Å². The SMILES string of the molecule is CC(C)CCc1ccc(S(=O)(=O)Nc2ccccc2C(N)=O)cc1. The van der Waals surface area contributed by atoms with Crippen LogP contribution in [-0.4, -0.2) is 14.3 Å². The van der Waals surface area contributed by atoms with E-state index in [0.29, 0.717) is 5.92 Å². The molecule has 0 spiro atoms. The van der Waals surface area contributed by atoms with Crippen molar-refractivity contribution in [2.24, 2.45) is 11.7 Å². The van der Waals surface area contributed by atoms with Crippen LogP contribution in [0.1, 0.15) is 36.2 Å². The molecule has 0 saturated carbocycles. The fourth-order valence-corrected chi connectivity index (χ4v) is 3.36. The topological polar surface area (TPSA) is 89.3 Å². The van der Waals surface area contributed by atoms with E-state index in [1.807, 2.05) is 12.1 Å². The van der Waals surface area contributed by atoms with E-state index in [1.165, 1.54) is 12.1 Å². The summed E-state index contributed by atoms with van der Waals surface area (Å²) < 4.78 is 27.4. The summed E-state index contributed by atoms with van der Waals surface area (Å²) in [7, 11) is -3.78. The molecule has 0 unspecified atom stereocenters. The summed E-state index contributed by atoms with van der Waals surface area (Å²) in [4.78, 5) is 11.6. The zero-order valence-corrected chi connectivity index (χ0v) is 14.6. The van der Waals surface area contributed by atoms with Crippen molar-refractivity contribution >= 4 is 21.6 Å². The summed E-state index contributed by atoms with van der Waals surface area (Å²) >= 11 is 0. The van der Waals surface area contributed by atoms with Gasteiger partial charge < -0.3 is 5.73 Å². The molecule has 0 bridgehead atoms. The number of nitrogens with one attached hydrogen (secondary N) is 1. The van der Waals surface area contributed by atoms with Gasteiger partial charge in [-0.25, -0.2) is 8.42 Å². The first-order valence-corrected chi connectivity index (χ1v) is 9.28. The minimum absolute atomic E-state index is 0.134. The van der Waals surface area contributed by atoms with Gasteiger partial charge >= 0.3 is 0 Å². The molecule has 24 heavy (non-hydrogen) atoms. The van der Waals surface area contributed by atoms with E-state index in [0.717, 1.165) is 18.4 Å². The highest BCUT2D eigenvalue weighted by atomic mass is 32.2. The highest BCUT2D eigenvalue weighted by molar-refractivity contribution is 7.92. The summed E-state index contributed by atoms with van der Waals surface area (Å²) in [6, 6.07) is 13.0. The lowest BCUT2D eigenvalue weighted by atomic mass is 10.0. The summed E-state index contributed by atoms with van der Waals surface area (Å²) in [6.07, 6.45) is 1.96. The number of carbonyl (C=O) groups is 1. The molecule has 0 aliphatic heterocycles. The van der Waals surface area contributed by atoms with Crippen LogP contribution < -0.4 is 10.5 Å². The zero-order chi connectivity index (χ0) is 17.7. The Morgan fingerprint density at radius 2 is 1.71 bits per heavy atom. The molecule has 0 fully saturated rings. The molecule has 5 nitrogen and oxygen atoms in total. The lowest BCUT2D eigenvalue weighted by molar-refractivity contribution is 0.100. The molecule has 2 rings (SSSR count). The van der Waals surface area contributed by atoms with Crippen LogP contribution in [0, 0.1) is 5.92 Å². The molecule has 1 amide bonds. The Labute approximate surface area is 142 Å². The van der Waals surface area contributed by atoms with E-state index in [4.69, 9.17) is 5.73 Å². The monoisotopic (exact) mass is 346 g/mol. The Morgan fingerprint density at radius 3 is 2.29 bits per heavy atom. The Balaban J connectivity index is 2.20. The lowest BCUT2D eigenvalue weighted by Crippen LogP contribution is -2.18. The van der Waals surface area contributed by atoms with Gasteiger partial charge in [-0.3, -0.25) is 9.52 Å². The molecule has 0 aromatic heterocycles. The van der Waals surface area contributed by atoms with E-state index in [1.54, 1.807) is 24.3 Å². The first-order chi connectivity index (χ1) is 11.3. The molecule has 0 aliphatic carbocycles. The minimum Gasteiger partial charge on any atom is -0.366 e. The van der Waals surface area contributed by atoms with Crippen molar-refractivity contribution in [2.75, 3.05) is 4.72 Å². The third-order valence-corrected chi connectivity index (χ3v) is 5.06. The number of sulfonamides is 1. The molecule has 128 valence electrons. The van der Waals surface area contributed by atoms with Gasteiger partial charge in [-0.05, 0) is 48.6 Å². The smallest absolute Gasteiger partial charge is 0.261 e. The van der Waals surface area contributed by atoms with Crippen LogP contribution in [0.4, 0.5) is 5.69 Å². The van der Waals surface area contributed by atoms with E-state index in [-0.39, 0.29) is 16.1 Å². The first-order valence-electron chi connectivity index (χ1n) is 7.80. The maximum absolute atomic E-state index is 12.5. The van der Waals surface area contributed by atoms with Crippen molar-refractivity contribution in [3.63, 3.8) is 0 Å². The molecular formula is C18H22N2O3S. The van der Waals surface area contributed by atoms with Crippen molar-refractivity contribution in [2.45, 2.75) is 31.6 Å². The average Bonchev–Trinajstić information content (AvgIpc) is 2.53. The summed E-state index contributed by atoms with van der Waals surface area (Å²) in [5.41, 5.74) is 6.68. The summed E-state index contributed by atoms with van der Waals surface area (Å²) in [6.45, 7) is 4.30. The van der Waals surface area contributed by atoms with Gasteiger partial charge in [-0.15, -0.1) is 0 Å². The average molecular weight is 346 g/mol. The molecule has 0 aliphatic rings. The Bertz CT molecular complexity index is 812. The standard InChI is InChI=1S/C18H22N2O3S/c1-13(2)7-8-14-9-11-15(12-10-14)24(22,23)20-17-6-4-3-5-16(17)18(19)21/h3-6,9-13,20H,7-8H2,1-2H3,(H2,19,21). The number of primary amides is 1. The van der Waals surface area contributed by atoms with E-state index in [2.05, 4.69) is 18.6 Å². The van der Waals surface area contributed by atoms with Gasteiger partial charge in [0, 0.05) is 0 Å². The number of nitrogens with two attached hydrogens (primary N) is 1. The third kappa shape index (κ3) is 4.58. The molecular weight excluding hydrogens is 324 g/mol. The number of rotatable bonds is 7. The second-order valence-corrected chi connectivity index (χ2v) is 7.77. The second kappa shape index (κ2) is 7.49. The maximum Gasteiger partial charge on any atom is 0.261 e. The lowest BCUT2D eigenvalue weighted by Gasteiger charge is -2.11. The zero-order valence-electron chi connectivity index (χ0n) is 13.8. The number of hydrogen-bond donors (Lipinski definition) is 2. The number of benzene rings is 2. The van der Waals surface area contributed by atoms with E-state index in [9.17, 15) is 13.2 Å². The molecule has 0 saturated heterocycles. The van der Waals surface area contributed by atoms with Crippen LogP contribution in [0.5, 0.6) is 0 Å². The third-order valence-electron chi connectivity index (χ3n) is 3.68. The van der Waals surface area contributed by atoms with Gasteiger partial charge in [0.1, 0.15) is 0 Å². The van der Waals surface area contributed by atoms with Gasteiger partial charge in [0.25, 0.3) is 15.9 Å². The highest BCUT2D eigenvalue weighted by Crippen LogP contribution is 2.20. The first kappa shape index (κ1) is 18.0. The number of carbonyl (C=O) groups excluding carboxylic acids is 1. The largest absolute Gasteiger partial charge is 0.366 e. The normalized spacial score (nSPS) is 11.5. The highest BCUT2D eigenvalue weighted by Gasteiger charge is 2.17. The number of aryl methyl sites for hydroxylation is 1. The predicted octanol–water partition coefficient (Wildman–Crippen LogP) is 3.17. The molecule has 2 aromatic carbocycles. The van der Waals surface area contributed by atoms with Crippen LogP contribution in [0.3, 0.4) is 0 Å². The van der Waals surface area contributed by atoms with Gasteiger partial charge in [0.2, 0.25) is 0 Å².